The molecule has 0 bridgehead atoms. The molecule has 46 heavy (non-hydrogen) atoms. The Bertz CT molecular complexity index is 1740. The van der Waals surface area contributed by atoms with E-state index in [1.54, 1.807) is 36.4 Å². The van der Waals surface area contributed by atoms with Gasteiger partial charge in [0, 0.05) is 23.5 Å². The lowest BCUT2D eigenvalue weighted by atomic mass is 10.0. The summed E-state index contributed by atoms with van der Waals surface area (Å²) in [6, 6.07) is 28.1. The fourth-order valence-electron chi connectivity index (χ4n) is 5.14. The molecule has 9 heteroatoms. The molecule has 0 aromatic heterocycles. The predicted octanol–water partition coefficient (Wildman–Crippen LogP) is 7.12. The largest absolute Gasteiger partial charge is 0.352 e. The van der Waals surface area contributed by atoms with Crippen molar-refractivity contribution in [3.8, 4) is 0 Å². The van der Waals surface area contributed by atoms with E-state index in [1.807, 2.05) is 95.3 Å². The molecule has 1 N–H and O–H groups in total. The lowest BCUT2D eigenvalue weighted by Crippen LogP contribution is -2.54. The van der Waals surface area contributed by atoms with Gasteiger partial charge in [-0.25, -0.2) is 8.42 Å². The predicted molar refractivity (Wildman–Crippen MR) is 188 cm³/mol. The van der Waals surface area contributed by atoms with Crippen LogP contribution in [0.2, 0.25) is 0 Å². The van der Waals surface area contributed by atoms with Crippen molar-refractivity contribution < 1.29 is 18.0 Å². The van der Waals surface area contributed by atoms with E-state index in [0.717, 1.165) is 38.7 Å². The fraction of sp³-hybridized carbons (Fsp3) is 0.297. The van der Waals surface area contributed by atoms with Gasteiger partial charge in [0.1, 0.15) is 12.6 Å². The average molecular weight is 705 g/mol. The summed E-state index contributed by atoms with van der Waals surface area (Å²) in [6.07, 6.45) is 0.985. The Morgan fingerprint density at radius 2 is 1.48 bits per heavy atom. The number of nitrogens with one attached hydrogen (secondary N) is 1. The van der Waals surface area contributed by atoms with Crippen LogP contribution < -0.4 is 9.62 Å². The van der Waals surface area contributed by atoms with Crippen LogP contribution in [-0.4, -0.2) is 43.8 Å². The van der Waals surface area contributed by atoms with Crippen LogP contribution in [0.15, 0.2) is 106 Å². The summed E-state index contributed by atoms with van der Waals surface area (Å²) >= 11 is 3.47. The average Bonchev–Trinajstić information content (AvgIpc) is 3.04. The summed E-state index contributed by atoms with van der Waals surface area (Å²) in [5.41, 5.74) is 4.69. The molecule has 4 aromatic rings. The number of hydrogen-bond donors (Lipinski definition) is 1. The molecule has 4 rings (SSSR count). The second kappa shape index (κ2) is 15.6. The highest BCUT2D eigenvalue weighted by Gasteiger charge is 2.35. The van der Waals surface area contributed by atoms with Crippen molar-refractivity contribution in [1.82, 2.24) is 10.2 Å². The standard InChI is InChI=1S/C37H42BrN3O4S/c1-6-28(4)39-37(43)35(23-30-12-8-7-9-13-30)40(24-31-17-19-32(38)20-18-31)36(42)25-41(34-14-10-11-27(3)29(34)5)46(44,45)33-21-15-26(2)16-22-33/h7-22,28,35H,6,23-25H2,1-5H3,(H,39,43). The van der Waals surface area contributed by atoms with Crippen molar-refractivity contribution in [3.63, 3.8) is 0 Å². The van der Waals surface area contributed by atoms with E-state index in [2.05, 4.69) is 21.2 Å². The molecular formula is C37H42BrN3O4S. The highest BCUT2D eigenvalue weighted by Crippen LogP contribution is 2.29. The number of aryl methyl sites for hydroxylation is 2. The summed E-state index contributed by atoms with van der Waals surface area (Å²) < 4.78 is 30.7. The second-order valence-electron chi connectivity index (χ2n) is 11.7. The Morgan fingerprint density at radius 1 is 0.826 bits per heavy atom. The van der Waals surface area contributed by atoms with E-state index in [-0.39, 0.29) is 29.8 Å². The number of rotatable bonds is 13. The van der Waals surface area contributed by atoms with Gasteiger partial charge < -0.3 is 10.2 Å². The third-order valence-corrected chi connectivity index (χ3v) is 10.6. The molecule has 2 amide bonds. The molecule has 0 fully saturated rings. The number of halogens is 1. The number of carbonyl (C=O) groups excluding carboxylic acids is 2. The van der Waals surface area contributed by atoms with Gasteiger partial charge in [-0.1, -0.05) is 95.1 Å². The minimum atomic E-state index is -4.17. The van der Waals surface area contributed by atoms with E-state index in [0.29, 0.717) is 5.69 Å². The molecule has 0 saturated heterocycles. The van der Waals surface area contributed by atoms with Crippen LogP contribution in [0.25, 0.3) is 0 Å². The molecule has 0 radical (unpaired) electrons. The number of sulfonamides is 1. The van der Waals surface area contributed by atoms with Crippen LogP contribution in [-0.2, 0) is 32.6 Å². The van der Waals surface area contributed by atoms with Gasteiger partial charge in [-0.2, -0.15) is 0 Å². The Labute approximate surface area is 281 Å². The first-order valence-corrected chi connectivity index (χ1v) is 17.7. The second-order valence-corrected chi connectivity index (χ2v) is 14.5. The monoisotopic (exact) mass is 703 g/mol. The molecule has 4 aromatic carbocycles. The molecular weight excluding hydrogens is 662 g/mol. The number of benzene rings is 4. The molecule has 0 aliphatic heterocycles. The summed E-state index contributed by atoms with van der Waals surface area (Å²) in [4.78, 5) is 30.2. The zero-order valence-electron chi connectivity index (χ0n) is 27.0. The normalized spacial score (nSPS) is 12.7. The first-order valence-electron chi connectivity index (χ1n) is 15.4. The number of amides is 2. The Hall–Kier alpha value is -3.95. The van der Waals surface area contributed by atoms with E-state index in [1.165, 1.54) is 9.21 Å². The van der Waals surface area contributed by atoms with Crippen LogP contribution in [0.4, 0.5) is 5.69 Å². The Morgan fingerprint density at radius 3 is 2.11 bits per heavy atom. The fourth-order valence-corrected chi connectivity index (χ4v) is 6.87. The highest BCUT2D eigenvalue weighted by atomic mass is 79.9. The van der Waals surface area contributed by atoms with Crippen molar-refractivity contribution in [2.75, 3.05) is 10.8 Å². The smallest absolute Gasteiger partial charge is 0.264 e. The third kappa shape index (κ3) is 8.65. The summed E-state index contributed by atoms with van der Waals surface area (Å²) in [5.74, 6) is -0.775. The molecule has 242 valence electrons. The van der Waals surface area contributed by atoms with Gasteiger partial charge in [-0.05, 0) is 86.7 Å². The van der Waals surface area contributed by atoms with Gasteiger partial charge in [-0.3, -0.25) is 13.9 Å². The van der Waals surface area contributed by atoms with Crippen LogP contribution in [0.3, 0.4) is 0 Å². The lowest BCUT2D eigenvalue weighted by molar-refractivity contribution is -0.140. The van der Waals surface area contributed by atoms with E-state index in [4.69, 9.17) is 0 Å². The maximum Gasteiger partial charge on any atom is 0.264 e. The van der Waals surface area contributed by atoms with Crippen molar-refractivity contribution >= 4 is 43.5 Å². The molecule has 2 atom stereocenters. The van der Waals surface area contributed by atoms with Gasteiger partial charge in [0.2, 0.25) is 11.8 Å². The molecule has 0 heterocycles. The van der Waals surface area contributed by atoms with Crippen LogP contribution in [0.5, 0.6) is 0 Å². The van der Waals surface area contributed by atoms with Gasteiger partial charge in [0.15, 0.2) is 0 Å². The molecule has 0 saturated carbocycles. The highest BCUT2D eigenvalue weighted by molar-refractivity contribution is 9.10. The van der Waals surface area contributed by atoms with Gasteiger partial charge >= 0.3 is 0 Å². The zero-order chi connectivity index (χ0) is 33.4. The van der Waals surface area contributed by atoms with Crippen molar-refractivity contribution in [3.05, 3.63) is 129 Å². The SMILES string of the molecule is CCC(C)NC(=O)C(Cc1ccccc1)N(Cc1ccc(Br)cc1)C(=O)CN(c1cccc(C)c1C)S(=O)(=O)c1ccc(C)cc1. The summed E-state index contributed by atoms with van der Waals surface area (Å²) in [5, 5.41) is 3.07. The number of carbonyl (C=O) groups is 2. The van der Waals surface area contributed by atoms with Gasteiger partial charge in [0.05, 0.1) is 10.6 Å². The number of hydrogen-bond acceptors (Lipinski definition) is 4. The van der Waals surface area contributed by atoms with Crippen LogP contribution >= 0.6 is 15.9 Å². The third-order valence-electron chi connectivity index (χ3n) is 8.27. The number of nitrogens with zero attached hydrogens (tertiary/aromatic N) is 2. The minimum Gasteiger partial charge on any atom is -0.352 e. The molecule has 2 unspecified atom stereocenters. The maximum atomic E-state index is 14.6. The summed E-state index contributed by atoms with van der Waals surface area (Å²) in [6.45, 7) is 9.19. The Kier molecular flexibility index (Phi) is 11.8. The van der Waals surface area contributed by atoms with E-state index < -0.39 is 28.5 Å². The molecule has 0 aliphatic rings. The zero-order valence-corrected chi connectivity index (χ0v) is 29.4. The molecule has 7 nitrogen and oxygen atoms in total. The summed E-state index contributed by atoms with van der Waals surface area (Å²) in [7, 11) is -4.17. The lowest BCUT2D eigenvalue weighted by Gasteiger charge is -2.34. The Balaban J connectivity index is 1.83. The molecule has 0 spiro atoms. The first-order chi connectivity index (χ1) is 21.9. The van der Waals surface area contributed by atoms with Crippen molar-refractivity contribution in [1.29, 1.82) is 0 Å². The van der Waals surface area contributed by atoms with E-state index in [9.17, 15) is 18.0 Å². The van der Waals surface area contributed by atoms with Crippen molar-refractivity contribution in [2.45, 2.75) is 71.0 Å². The van der Waals surface area contributed by atoms with Gasteiger partial charge in [-0.15, -0.1) is 0 Å². The topological polar surface area (TPSA) is 86.8 Å². The van der Waals surface area contributed by atoms with Gasteiger partial charge in [0.25, 0.3) is 10.0 Å². The molecule has 0 aliphatic carbocycles. The number of anilines is 1. The van der Waals surface area contributed by atoms with E-state index >= 15 is 0 Å². The minimum absolute atomic E-state index is 0.0848. The first kappa shape index (κ1) is 34.9. The maximum absolute atomic E-state index is 14.6. The van der Waals surface area contributed by atoms with Crippen LogP contribution in [0, 0.1) is 20.8 Å². The van der Waals surface area contributed by atoms with Crippen molar-refractivity contribution in [2.24, 2.45) is 0 Å². The van der Waals surface area contributed by atoms with Crippen LogP contribution in [0.1, 0.15) is 48.1 Å². The quantitative estimate of drug-likeness (QED) is 0.161.